The normalized spacial score (nSPS) is 14.4. The van der Waals surface area contributed by atoms with Crippen molar-refractivity contribution in [2.24, 2.45) is 0 Å². The zero-order valence-electron chi connectivity index (χ0n) is 11.2. The second kappa shape index (κ2) is 6.00. The van der Waals surface area contributed by atoms with E-state index in [0.29, 0.717) is 10.0 Å². The number of benzene rings is 1. The average molecular weight is 298 g/mol. The van der Waals surface area contributed by atoms with E-state index in [4.69, 9.17) is 27.6 Å². The third-order valence-corrected chi connectivity index (χ3v) is 3.97. The van der Waals surface area contributed by atoms with Crippen molar-refractivity contribution in [2.45, 2.75) is 32.9 Å². The molecule has 0 spiro atoms. The Morgan fingerprint density at radius 3 is 2.42 bits per heavy atom. The maximum Gasteiger partial charge on any atom is 0.120 e. The van der Waals surface area contributed by atoms with Gasteiger partial charge in [-0.15, -0.1) is 0 Å². The van der Waals surface area contributed by atoms with Gasteiger partial charge < -0.3 is 9.73 Å². The second-order valence-electron chi connectivity index (χ2n) is 4.70. The van der Waals surface area contributed by atoms with Gasteiger partial charge in [-0.1, -0.05) is 35.3 Å². The van der Waals surface area contributed by atoms with Gasteiger partial charge in [0.15, 0.2) is 0 Å². The fourth-order valence-corrected chi connectivity index (χ4v) is 2.56. The first-order chi connectivity index (χ1) is 8.99. The lowest BCUT2D eigenvalue weighted by molar-refractivity contribution is 0.392. The average Bonchev–Trinajstić information content (AvgIpc) is 2.79. The predicted octanol–water partition coefficient (Wildman–Crippen LogP) is 5.31. The van der Waals surface area contributed by atoms with Gasteiger partial charge in [0.1, 0.15) is 11.5 Å². The minimum atomic E-state index is 0.0895. The Bertz CT molecular complexity index is 565. The van der Waals surface area contributed by atoms with Crippen LogP contribution < -0.4 is 5.32 Å². The molecule has 1 aromatic carbocycles. The number of halogens is 2. The van der Waals surface area contributed by atoms with Crippen LogP contribution in [0.4, 0.5) is 0 Å². The second-order valence-corrected chi connectivity index (χ2v) is 5.49. The topological polar surface area (TPSA) is 25.2 Å². The lowest BCUT2D eigenvalue weighted by Crippen LogP contribution is -2.22. The molecule has 1 aromatic heterocycles. The highest BCUT2D eigenvalue weighted by Gasteiger charge is 2.16. The first-order valence-corrected chi connectivity index (χ1v) is 7.01. The first-order valence-electron chi connectivity index (χ1n) is 6.25. The molecule has 0 aliphatic carbocycles. The number of rotatable bonds is 4. The molecule has 1 N–H and O–H groups in total. The maximum absolute atomic E-state index is 6.23. The largest absolute Gasteiger partial charge is 0.465 e. The summed E-state index contributed by atoms with van der Waals surface area (Å²) >= 11 is 12.3. The Kier molecular flexibility index (Phi) is 4.56. The van der Waals surface area contributed by atoms with Crippen LogP contribution in [-0.2, 0) is 0 Å². The molecule has 102 valence electrons. The van der Waals surface area contributed by atoms with Gasteiger partial charge in [0.2, 0.25) is 0 Å². The molecule has 2 aromatic rings. The van der Waals surface area contributed by atoms with E-state index in [1.54, 1.807) is 6.07 Å². The van der Waals surface area contributed by atoms with Crippen LogP contribution in [0.25, 0.3) is 0 Å². The monoisotopic (exact) mass is 297 g/mol. The molecule has 2 rings (SSSR count). The lowest BCUT2D eigenvalue weighted by atomic mass is 10.1. The van der Waals surface area contributed by atoms with Gasteiger partial charge in [0.05, 0.1) is 16.1 Å². The molecule has 0 bridgehead atoms. The van der Waals surface area contributed by atoms with Gasteiger partial charge in [-0.2, -0.15) is 0 Å². The molecule has 19 heavy (non-hydrogen) atoms. The Balaban J connectivity index is 2.12. The van der Waals surface area contributed by atoms with E-state index in [1.165, 1.54) is 0 Å². The van der Waals surface area contributed by atoms with Gasteiger partial charge >= 0.3 is 0 Å². The fourth-order valence-electron chi connectivity index (χ4n) is 2.09. The van der Waals surface area contributed by atoms with Crippen LogP contribution in [0, 0.1) is 6.92 Å². The Morgan fingerprint density at radius 2 is 1.79 bits per heavy atom. The van der Waals surface area contributed by atoms with Crippen molar-refractivity contribution in [3.8, 4) is 0 Å². The maximum atomic E-state index is 6.23. The molecule has 0 aliphatic rings. The Morgan fingerprint density at radius 1 is 1.05 bits per heavy atom. The molecule has 2 nitrogen and oxygen atoms in total. The molecular formula is C15H17Cl2NO. The molecule has 1 heterocycles. The fraction of sp³-hybridized carbons (Fsp3) is 0.333. The Hall–Kier alpha value is -0.960. The van der Waals surface area contributed by atoms with E-state index in [0.717, 1.165) is 17.1 Å². The molecular weight excluding hydrogens is 281 g/mol. The van der Waals surface area contributed by atoms with E-state index >= 15 is 0 Å². The van der Waals surface area contributed by atoms with Crippen LogP contribution in [0.3, 0.4) is 0 Å². The molecule has 0 amide bonds. The van der Waals surface area contributed by atoms with Crippen molar-refractivity contribution in [3.63, 3.8) is 0 Å². The summed E-state index contributed by atoms with van der Waals surface area (Å²) in [4.78, 5) is 0. The van der Waals surface area contributed by atoms with E-state index in [1.807, 2.05) is 31.2 Å². The lowest BCUT2D eigenvalue weighted by Gasteiger charge is -2.20. The molecule has 0 radical (unpaired) electrons. The molecule has 2 unspecified atom stereocenters. The number of furan rings is 1. The zero-order chi connectivity index (χ0) is 14.0. The minimum absolute atomic E-state index is 0.0895. The standard InChI is InChI=1S/C15H17Cl2NO/c1-9-7-8-14(19-9)11(3)18-10(2)12-5-4-6-13(16)15(12)17/h4-8,10-11,18H,1-3H3. The predicted molar refractivity (Wildman–Crippen MR) is 79.9 cm³/mol. The smallest absolute Gasteiger partial charge is 0.120 e. The van der Waals surface area contributed by atoms with Gasteiger partial charge in [-0.3, -0.25) is 0 Å². The van der Waals surface area contributed by atoms with Gasteiger partial charge in [0.25, 0.3) is 0 Å². The molecule has 4 heteroatoms. The summed E-state index contributed by atoms with van der Waals surface area (Å²) in [6.07, 6.45) is 0. The third kappa shape index (κ3) is 3.33. The van der Waals surface area contributed by atoms with Crippen LogP contribution in [0.2, 0.25) is 10.0 Å². The highest BCUT2D eigenvalue weighted by molar-refractivity contribution is 6.42. The number of hydrogen-bond acceptors (Lipinski definition) is 2. The summed E-state index contributed by atoms with van der Waals surface area (Å²) in [5.41, 5.74) is 0.990. The summed E-state index contributed by atoms with van der Waals surface area (Å²) in [5.74, 6) is 1.83. The van der Waals surface area contributed by atoms with Gasteiger partial charge in [-0.05, 0) is 44.5 Å². The molecule has 0 saturated carbocycles. The zero-order valence-corrected chi connectivity index (χ0v) is 12.7. The van der Waals surface area contributed by atoms with Gasteiger partial charge in [0, 0.05) is 6.04 Å². The van der Waals surface area contributed by atoms with E-state index < -0.39 is 0 Å². The van der Waals surface area contributed by atoms with E-state index in [-0.39, 0.29) is 12.1 Å². The van der Waals surface area contributed by atoms with Crippen molar-refractivity contribution in [1.82, 2.24) is 5.32 Å². The highest BCUT2D eigenvalue weighted by atomic mass is 35.5. The van der Waals surface area contributed by atoms with Crippen LogP contribution >= 0.6 is 23.2 Å². The third-order valence-electron chi connectivity index (χ3n) is 3.14. The van der Waals surface area contributed by atoms with Crippen molar-refractivity contribution in [1.29, 1.82) is 0 Å². The van der Waals surface area contributed by atoms with Crippen LogP contribution in [0.5, 0.6) is 0 Å². The highest BCUT2D eigenvalue weighted by Crippen LogP contribution is 2.31. The molecule has 0 fully saturated rings. The van der Waals surface area contributed by atoms with Crippen molar-refractivity contribution >= 4 is 23.2 Å². The Labute approximate surface area is 123 Å². The van der Waals surface area contributed by atoms with Crippen LogP contribution in [0.15, 0.2) is 34.7 Å². The van der Waals surface area contributed by atoms with E-state index in [2.05, 4.69) is 19.2 Å². The molecule has 0 aliphatic heterocycles. The minimum Gasteiger partial charge on any atom is -0.465 e. The van der Waals surface area contributed by atoms with Crippen molar-refractivity contribution in [3.05, 3.63) is 57.5 Å². The quantitative estimate of drug-likeness (QED) is 0.827. The SMILES string of the molecule is Cc1ccc(C(C)NC(C)c2cccc(Cl)c2Cl)o1. The summed E-state index contributed by atoms with van der Waals surface area (Å²) in [6.45, 7) is 6.06. The van der Waals surface area contributed by atoms with Crippen LogP contribution in [0.1, 0.15) is 43.0 Å². The number of hydrogen-bond donors (Lipinski definition) is 1. The summed E-state index contributed by atoms with van der Waals surface area (Å²) in [7, 11) is 0. The number of nitrogens with one attached hydrogen (secondary N) is 1. The summed E-state index contributed by atoms with van der Waals surface area (Å²) in [5, 5.41) is 4.64. The summed E-state index contributed by atoms with van der Waals surface area (Å²) in [6, 6.07) is 9.82. The van der Waals surface area contributed by atoms with Gasteiger partial charge in [-0.25, -0.2) is 0 Å². The number of aryl methyl sites for hydroxylation is 1. The first kappa shape index (κ1) is 14.4. The molecule has 0 saturated heterocycles. The summed E-state index contributed by atoms with van der Waals surface area (Å²) < 4.78 is 5.61. The van der Waals surface area contributed by atoms with Crippen molar-refractivity contribution in [2.75, 3.05) is 0 Å². The molecule has 2 atom stereocenters. The van der Waals surface area contributed by atoms with Crippen LogP contribution in [-0.4, -0.2) is 0 Å². The van der Waals surface area contributed by atoms with Crippen molar-refractivity contribution < 1.29 is 4.42 Å². The van der Waals surface area contributed by atoms with E-state index in [9.17, 15) is 0 Å².